The molecule has 0 saturated heterocycles. The molecule has 1 heterocycles. The van der Waals surface area contributed by atoms with Crippen LogP contribution in [0.3, 0.4) is 0 Å². The van der Waals surface area contributed by atoms with Crippen LogP contribution in [-0.4, -0.2) is 0 Å². The van der Waals surface area contributed by atoms with Crippen LogP contribution in [0.5, 0.6) is 0 Å². The van der Waals surface area contributed by atoms with Crippen LogP contribution >= 0.6 is 49.9 Å². The Hall–Kier alpha value is -0.390. The summed E-state index contributed by atoms with van der Waals surface area (Å²) in [6, 6.07) is 15.1. The highest BCUT2D eigenvalue weighted by atomic mass is 127. The predicted molar refractivity (Wildman–Crippen MR) is 96.5 cm³/mol. The molecule has 0 N–H and O–H groups in total. The highest BCUT2D eigenvalue weighted by Gasteiger charge is 2.17. The van der Waals surface area contributed by atoms with Crippen molar-refractivity contribution in [1.82, 2.24) is 0 Å². The minimum Gasteiger partial charge on any atom is -0.143 e. The molecule has 19 heavy (non-hydrogen) atoms. The van der Waals surface area contributed by atoms with Crippen molar-refractivity contribution in [1.29, 1.82) is 0 Å². The first-order valence-corrected chi connectivity index (χ1v) is 8.91. The molecule has 1 unspecified atom stereocenters. The van der Waals surface area contributed by atoms with Crippen molar-refractivity contribution in [2.75, 3.05) is 0 Å². The zero-order chi connectivity index (χ0) is 13.4. The van der Waals surface area contributed by atoms with Gasteiger partial charge in [0.15, 0.2) is 0 Å². The Morgan fingerprint density at radius 3 is 2.68 bits per heavy atom. The van der Waals surface area contributed by atoms with Gasteiger partial charge in [0.05, 0.1) is 4.83 Å². The Balaban J connectivity index is 2.13. The molecular formula is C16H12BrIS. The maximum atomic E-state index is 3.88. The van der Waals surface area contributed by atoms with Gasteiger partial charge in [0.2, 0.25) is 0 Å². The average Bonchev–Trinajstić information content (AvgIpc) is 2.85. The number of aryl methyl sites for hydroxylation is 1. The molecule has 96 valence electrons. The van der Waals surface area contributed by atoms with Crippen LogP contribution < -0.4 is 0 Å². The molecule has 0 bridgehead atoms. The minimum absolute atomic E-state index is 0.260. The normalized spacial score (nSPS) is 12.8. The Labute approximate surface area is 139 Å². The van der Waals surface area contributed by atoms with E-state index in [-0.39, 0.29) is 4.83 Å². The number of benzene rings is 2. The average molecular weight is 443 g/mol. The highest BCUT2D eigenvalue weighted by Crippen LogP contribution is 2.40. The first kappa shape index (κ1) is 13.6. The molecular weight excluding hydrogens is 431 g/mol. The summed E-state index contributed by atoms with van der Waals surface area (Å²) in [5, 5.41) is 3.62. The molecule has 3 heteroatoms. The second-order valence-electron chi connectivity index (χ2n) is 4.53. The number of halogens is 2. The molecule has 0 aliphatic heterocycles. The van der Waals surface area contributed by atoms with Gasteiger partial charge < -0.3 is 0 Å². The molecule has 0 aliphatic rings. The third kappa shape index (κ3) is 2.48. The molecule has 3 aromatic rings. The number of rotatable bonds is 2. The van der Waals surface area contributed by atoms with Gasteiger partial charge in [-0.1, -0.05) is 52.3 Å². The summed E-state index contributed by atoms with van der Waals surface area (Å²) in [7, 11) is 0. The van der Waals surface area contributed by atoms with Gasteiger partial charge in [-0.2, -0.15) is 0 Å². The summed E-state index contributed by atoms with van der Waals surface area (Å²) in [4.78, 5) is 0.260. The smallest absolute Gasteiger partial charge is 0.0669 e. The van der Waals surface area contributed by atoms with Crippen LogP contribution in [0.4, 0.5) is 0 Å². The molecule has 0 nitrogen and oxygen atoms in total. The van der Waals surface area contributed by atoms with Gasteiger partial charge in [0.25, 0.3) is 0 Å². The fraction of sp³-hybridized carbons (Fsp3) is 0.125. The van der Waals surface area contributed by atoms with Crippen molar-refractivity contribution in [3.05, 3.63) is 68.1 Å². The summed E-state index contributed by atoms with van der Waals surface area (Å²) < 4.78 is 2.70. The Bertz CT molecular complexity index is 732. The highest BCUT2D eigenvalue weighted by molar-refractivity contribution is 14.1. The van der Waals surface area contributed by atoms with E-state index < -0.39 is 0 Å². The lowest BCUT2D eigenvalue weighted by Gasteiger charge is -2.13. The second-order valence-corrected chi connectivity index (χ2v) is 7.43. The van der Waals surface area contributed by atoms with Gasteiger partial charge in [-0.25, -0.2) is 0 Å². The largest absolute Gasteiger partial charge is 0.143 e. The monoisotopic (exact) mass is 442 g/mol. The van der Waals surface area contributed by atoms with E-state index in [0.717, 1.165) is 0 Å². The Morgan fingerprint density at radius 1 is 1.05 bits per heavy atom. The van der Waals surface area contributed by atoms with Crippen LogP contribution in [0.25, 0.3) is 10.1 Å². The molecule has 0 aliphatic carbocycles. The predicted octanol–water partition coefficient (Wildman–Crippen LogP) is 6.30. The second kappa shape index (κ2) is 5.54. The maximum absolute atomic E-state index is 3.88. The van der Waals surface area contributed by atoms with Crippen molar-refractivity contribution in [3.8, 4) is 0 Å². The summed E-state index contributed by atoms with van der Waals surface area (Å²) in [6.07, 6.45) is 0. The van der Waals surface area contributed by atoms with E-state index in [4.69, 9.17) is 0 Å². The fourth-order valence-corrected chi connectivity index (χ4v) is 5.25. The standard InChI is InChI=1S/C16H12BrIS/c1-10-5-4-7-12(16(10)18)15(17)13-9-19-14-8-3-2-6-11(13)14/h2-9,15H,1H3. The van der Waals surface area contributed by atoms with E-state index in [0.29, 0.717) is 0 Å². The van der Waals surface area contributed by atoms with Crippen molar-refractivity contribution in [3.63, 3.8) is 0 Å². The molecule has 0 amide bonds. The van der Waals surface area contributed by atoms with E-state index in [9.17, 15) is 0 Å². The van der Waals surface area contributed by atoms with Gasteiger partial charge in [0.1, 0.15) is 0 Å². The topological polar surface area (TPSA) is 0 Å². The molecule has 3 rings (SSSR count). The Kier molecular flexibility index (Phi) is 3.96. The van der Waals surface area contributed by atoms with Crippen LogP contribution in [0.15, 0.2) is 47.8 Å². The van der Waals surface area contributed by atoms with Crippen molar-refractivity contribution in [2.45, 2.75) is 11.8 Å². The third-order valence-electron chi connectivity index (χ3n) is 3.28. The quantitative estimate of drug-likeness (QED) is 0.322. The van der Waals surface area contributed by atoms with Crippen molar-refractivity contribution >= 4 is 59.9 Å². The van der Waals surface area contributed by atoms with E-state index in [1.807, 2.05) is 11.3 Å². The molecule has 0 radical (unpaired) electrons. The lowest BCUT2D eigenvalue weighted by molar-refractivity contribution is 1.17. The van der Waals surface area contributed by atoms with E-state index in [1.165, 1.54) is 30.3 Å². The fourth-order valence-electron chi connectivity index (χ4n) is 2.23. The number of hydrogen-bond donors (Lipinski definition) is 0. The third-order valence-corrected chi connectivity index (χ3v) is 6.72. The zero-order valence-electron chi connectivity index (χ0n) is 10.4. The summed E-state index contributed by atoms with van der Waals surface area (Å²) >= 11 is 8.14. The number of fused-ring (bicyclic) bond motifs is 1. The van der Waals surface area contributed by atoms with Gasteiger partial charge in [0, 0.05) is 8.27 Å². The van der Waals surface area contributed by atoms with Crippen molar-refractivity contribution < 1.29 is 0 Å². The van der Waals surface area contributed by atoms with Crippen molar-refractivity contribution in [2.24, 2.45) is 0 Å². The van der Waals surface area contributed by atoms with Gasteiger partial charge in [-0.15, -0.1) is 11.3 Å². The molecule has 0 spiro atoms. The van der Waals surface area contributed by atoms with Gasteiger partial charge in [-0.05, 0) is 63.0 Å². The lowest BCUT2D eigenvalue weighted by atomic mass is 10.0. The van der Waals surface area contributed by atoms with Crippen LogP contribution in [0.1, 0.15) is 21.5 Å². The molecule has 1 aromatic heterocycles. The van der Waals surface area contributed by atoms with E-state index >= 15 is 0 Å². The lowest BCUT2D eigenvalue weighted by Crippen LogP contribution is -1.96. The molecule has 2 aromatic carbocycles. The minimum atomic E-state index is 0.260. The first-order chi connectivity index (χ1) is 9.18. The van der Waals surface area contributed by atoms with E-state index in [1.54, 1.807) is 0 Å². The number of alkyl halides is 1. The zero-order valence-corrected chi connectivity index (χ0v) is 14.9. The maximum Gasteiger partial charge on any atom is 0.0669 e. The van der Waals surface area contributed by atoms with E-state index in [2.05, 4.69) is 93.3 Å². The van der Waals surface area contributed by atoms with Crippen LogP contribution in [-0.2, 0) is 0 Å². The number of thiophene rings is 1. The Morgan fingerprint density at radius 2 is 1.84 bits per heavy atom. The summed E-state index contributed by atoms with van der Waals surface area (Å²) in [5.41, 5.74) is 4.05. The number of hydrogen-bond acceptors (Lipinski definition) is 1. The molecule has 1 atom stereocenters. The van der Waals surface area contributed by atoms with Crippen LogP contribution in [0.2, 0.25) is 0 Å². The SMILES string of the molecule is Cc1cccc(C(Br)c2csc3ccccc23)c1I. The molecule has 0 saturated carbocycles. The van der Waals surface area contributed by atoms with Gasteiger partial charge >= 0.3 is 0 Å². The first-order valence-electron chi connectivity index (χ1n) is 6.03. The van der Waals surface area contributed by atoms with Crippen LogP contribution in [0, 0.1) is 10.5 Å². The van der Waals surface area contributed by atoms with Gasteiger partial charge in [-0.3, -0.25) is 0 Å². The summed E-state index contributed by atoms with van der Waals surface area (Å²) in [6.45, 7) is 2.16. The summed E-state index contributed by atoms with van der Waals surface area (Å²) in [5.74, 6) is 0. The molecule has 0 fully saturated rings.